The van der Waals surface area contributed by atoms with Crippen LogP contribution in [0.4, 0.5) is 0 Å². The van der Waals surface area contributed by atoms with Crippen molar-refractivity contribution in [2.24, 2.45) is 0 Å². The maximum absolute atomic E-state index is 12.3. The minimum absolute atomic E-state index is 0.0303. The summed E-state index contributed by atoms with van der Waals surface area (Å²) < 4.78 is 5.25. The summed E-state index contributed by atoms with van der Waals surface area (Å²) in [6.07, 6.45) is -0.319. The summed E-state index contributed by atoms with van der Waals surface area (Å²) in [5, 5.41) is 20.1. The second-order valence-electron chi connectivity index (χ2n) is 5.21. The van der Waals surface area contributed by atoms with E-state index in [1.165, 1.54) is 0 Å². The minimum Gasteiger partial charge on any atom is -0.507 e. The second-order valence-corrected chi connectivity index (χ2v) is 5.21. The molecule has 3 aromatic rings. The van der Waals surface area contributed by atoms with E-state index in [0.717, 1.165) is 0 Å². The molecule has 0 saturated heterocycles. The van der Waals surface area contributed by atoms with Crippen LogP contribution in [0.25, 0.3) is 11.0 Å². The molecule has 0 bridgehead atoms. The van der Waals surface area contributed by atoms with Crippen LogP contribution < -0.4 is 5.63 Å². The summed E-state index contributed by atoms with van der Waals surface area (Å²) in [5.74, 6) is -2.08. The fourth-order valence-corrected chi connectivity index (χ4v) is 2.70. The Balaban J connectivity index is 2.26. The molecule has 0 saturated carbocycles. The molecule has 1 atom stereocenters. The van der Waals surface area contributed by atoms with Crippen molar-refractivity contribution in [1.82, 2.24) is 0 Å². The molecule has 0 spiro atoms. The van der Waals surface area contributed by atoms with Gasteiger partial charge in [0.25, 0.3) is 0 Å². The van der Waals surface area contributed by atoms with E-state index >= 15 is 0 Å². The van der Waals surface area contributed by atoms with Crippen molar-refractivity contribution in [3.05, 3.63) is 76.1 Å². The monoisotopic (exact) mass is 310 g/mol. The number of benzene rings is 2. The molecule has 2 aromatic carbocycles. The van der Waals surface area contributed by atoms with Gasteiger partial charge in [-0.2, -0.15) is 0 Å². The number of rotatable bonds is 4. The van der Waals surface area contributed by atoms with Crippen molar-refractivity contribution < 1.29 is 19.4 Å². The molecule has 3 rings (SSSR count). The van der Waals surface area contributed by atoms with Crippen LogP contribution in [0.1, 0.15) is 23.5 Å². The van der Waals surface area contributed by atoms with Crippen LogP contribution >= 0.6 is 0 Å². The Hall–Kier alpha value is -3.08. The predicted octanol–water partition coefficient (Wildman–Crippen LogP) is 3.11. The SMILES string of the molecule is O=C(O)C[C@@H](c1ccccc1)c1c(O)c2ccccc2oc1=O. The maximum atomic E-state index is 12.3. The van der Waals surface area contributed by atoms with E-state index in [1.807, 2.05) is 0 Å². The van der Waals surface area contributed by atoms with Gasteiger partial charge in [0, 0.05) is 5.92 Å². The van der Waals surface area contributed by atoms with E-state index in [1.54, 1.807) is 54.6 Å². The second kappa shape index (κ2) is 5.96. The summed E-state index contributed by atoms with van der Waals surface area (Å²) in [7, 11) is 0. The van der Waals surface area contributed by atoms with Crippen molar-refractivity contribution in [3.63, 3.8) is 0 Å². The molecule has 0 unspecified atom stereocenters. The Morgan fingerprint density at radius 3 is 2.39 bits per heavy atom. The third kappa shape index (κ3) is 2.81. The Labute approximate surface area is 131 Å². The zero-order valence-corrected chi connectivity index (χ0v) is 12.1. The quantitative estimate of drug-likeness (QED) is 0.723. The van der Waals surface area contributed by atoms with Gasteiger partial charge in [0.2, 0.25) is 0 Å². The lowest BCUT2D eigenvalue weighted by atomic mass is 9.88. The molecule has 5 heteroatoms. The van der Waals surface area contributed by atoms with Crippen molar-refractivity contribution >= 4 is 16.9 Å². The third-order valence-corrected chi connectivity index (χ3v) is 3.75. The van der Waals surface area contributed by atoms with Crippen molar-refractivity contribution in [1.29, 1.82) is 0 Å². The lowest BCUT2D eigenvalue weighted by Gasteiger charge is -2.16. The van der Waals surface area contributed by atoms with Gasteiger partial charge in [0.15, 0.2) is 0 Å². The highest BCUT2D eigenvalue weighted by Gasteiger charge is 2.26. The fraction of sp³-hybridized carbons (Fsp3) is 0.111. The van der Waals surface area contributed by atoms with Gasteiger partial charge in [-0.1, -0.05) is 42.5 Å². The number of carbonyl (C=O) groups is 1. The Morgan fingerprint density at radius 1 is 1.04 bits per heavy atom. The summed E-state index contributed by atoms with van der Waals surface area (Å²) in [6.45, 7) is 0. The van der Waals surface area contributed by atoms with E-state index in [2.05, 4.69) is 0 Å². The molecule has 0 radical (unpaired) electrons. The lowest BCUT2D eigenvalue weighted by molar-refractivity contribution is -0.137. The van der Waals surface area contributed by atoms with Crippen LogP contribution in [0.5, 0.6) is 5.75 Å². The molecule has 1 heterocycles. The van der Waals surface area contributed by atoms with E-state index in [-0.39, 0.29) is 23.3 Å². The van der Waals surface area contributed by atoms with Crippen molar-refractivity contribution in [2.45, 2.75) is 12.3 Å². The average molecular weight is 310 g/mol. The van der Waals surface area contributed by atoms with Gasteiger partial charge in [-0.05, 0) is 17.7 Å². The minimum atomic E-state index is -1.06. The highest BCUT2D eigenvalue weighted by molar-refractivity contribution is 5.84. The van der Waals surface area contributed by atoms with E-state index in [4.69, 9.17) is 4.42 Å². The van der Waals surface area contributed by atoms with Crippen LogP contribution in [0, 0.1) is 0 Å². The van der Waals surface area contributed by atoms with E-state index in [0.29, 0.717) is 10.9 Å². The van der Waals surface area contributed by atoms with Crippen LogP contribution in [0.15, 0.2) is 63.8 Å². The zero-order chi connectivity index (χ0) is 16.4. The lowest BCUT2D eigenvalue weighted by Crippen LogP contribution is -2.17. The largest absolute Gasteiger partial charge is 0.507 e. The summed E-state index contributed by atoms with van der Waals surface area (Å²) >= 11 is 0. The van der Waals surface area contributed by atoms with Gasteiger partial charge >= 0.3 is 11.6 Å². The van der Waals surface area contributed by atoms with Gasteiger partial charge in [-0.15, -0.1) is 0 Å². The van der Waals surface area contributed by atoms with Gasteiger partial charge < -0.3 is 14.6 Å². The fourth-order valence-electron chi connectivity index (χ4n) is 2.70. The first-order valence-electron chi connectivity index (χ1n) is 7.09. The summed E-state index contributed by atoms with van der Waals surface area (Å²) in [5.41, 5.74) is 0.141. The molecule has 116 valence electrons. The number of para-hydroxylation sites is 1. The van der Waals surface area contributed by atoms with E-state index < -0.39 is 17.5 Å². The Bertz CT molecular complexity index is 912. The number of carboxylic acid groups (broad SMARTS) is 1. The first-order valence-corrected chi connectivity index (χ1v) is 7.09. The average Bonchev–Trinajstić information content (AvgIpc) is 2.54. The maximum Gasteiger partial charge on any atom is 0.343 e. The molecule has 0 fully saturated rings. The van der Waals surface area contributed by atoms with E-state index in [9.17, 15) is 19.8 Å². The highest BCUT2D eigenvalue weighted by atomic mass is 16.4. The van der Waals surface area contributed by atoms with Gasteiger partial charge in [-0.3, -0.25) is 4.79 Å². The molecule has 2 N–H and O–H groups in total. The Morgan fingerprint density at radius 2 is 1.70 bits per heavy atom. The standard InChI is InChI=1S/C18H14O5/c19-15(20)10-13(11-6-2-1-3-7-11)16-17(21)12-8-4-5-9-14(12)23-18(16)22/h1-9,13,21H,10H2,(H,19,20)/t13-/m0/s1. The first-order chi connectivity index (χ1) is 11.1. The molecule has 0 aliphatic rings. The van der Waals surface area contributed by atoms with Crippen LogP contribution in [0.2, 0.25) is 0 Å². The first kappa shape index (κ1) is 14.8. The van der Waals surface area contributed by atoms with Gasteiger partial charge in [-0.25, -0.2) is 4.79 Å². The summed E-state index contributed by atoms with van der Waals surface area (Å²) in [6, 6.07) is 15.4. The molecule has 5 nitrogen and oxygen atoms in total. The number of fused-ring (bicyclic) bond motifs is 1. The smallest absolute Gasteiger partial charge is 0.343 e. The normalized spacial score (nSPS) is 12.2. The number of carboxylic acids is 1. The van der Waals surface area contributed by atoms with Crippen LogP contribution in [0.3, 0.4) is 0 Å². The molecule has 23 heavy (non-hydrogen) atoms. The molecule has 0 aliphatic carbocycles. The van der Waals surface area contributed by atoms with Gasteiger partial charge in [0.05, 0.1) is 17.4 Å². The third-order valence-electron chi connectivity index (χ3n) is 3.75. The van der Waals surface area contributed by atoms with Crippen molar-refractivity contribution in [2.75, 3.05) is 0 Å². The molecular weight excluding hydrogens is 296 g/mol. The molecule has 0 aliphatic heterocycles. The number of aliphatic carboxylic acids is 1. The predicted molar refractivity (Wildman–Crippen MR) is 84.7 cm³/mol. The number of hydrogen-bond donors (Lipinski definition) is 2. The number of hydrogen-bond acceptors (Lipinski definition) is 4. The highest BCUT2D eigenvalue weighted by Crippen LogP contribution is 2.35. The molecule has 0 amide bonds. The van der Waals surface area contributed by atoms with Crippen molar-refractivity contribution in [3.8, 4) is 5.75 Å². The molecular formula is C18H14O5. The molecule has 1 aromatic heterocycles. The van der Waals surface area contributed by atoms with Crippen LogP contribution in [-0.2, 0) is 4.79 Å². The summed E-state index contributed by atoms with van der Waals surface area (Å²) in [4.78, 5) is 23.6. The van der Waals surface area contributed by atoms with Gasteiger partial charge in [0.1, 0.15) is 11.3 Å². The zero-order valence-electron chi connectivity index (χ0n) is 12.1. The topological polar surface area (TPSA) is 87.7 Å². The number of aromatic hydroxyl groups is 1. The van der Waals surface area contributed by atoms with Crippen LogP contribution in [-0.4, -0.2) is 16.2 Å². The Kier molecular flexibility index (Phi) is 3.85.